The second kappa shape index (κ2) is 7.36. The van der Waals surface area contributed by atoms with Crippen LogP contribution in [0.3, 0.4) is 0 Å². The first-order chi connectivity index (χ1) is 13.2. The summed E-state index contributed by atoms with van der Waals surface area (Å²) in [7, 11) is 0. The molecule has 1 saturated carbocycles. The van der Waals surface area contributed by atoms with Crippen LogP contribution < -0.4 is 15.0 Å². The molecule has 0 spiro atoms. The predicted octanol–water partition coefficient (Wildman–Crippen LogP) is 2.76. The predicted molar refractivity (Wildman–Crippen MR) is 96.1 cm³/mol. The van der Waals surface area contributed by atoms with Gasteiger partial charge < -0.3 is 14.5 Å². The second-order valence-corrected chi connectivity index (χ2v) is 6.14. The van der Waals surface area contributed by atoms with E-state index in [1.165, 1.54) is 24.7 Å². The van der Waals surface area contributed by atoms with E-state index in [2.05, 4.69) is 19.9 Å². The quantitative estimate of drug-likeness (QED) is 0.670. The molecule has 0 radical (unpaired) electrons. The van der Waals surface area contributed by atoms with Gasteiger partial charge in [0, 0.05) is 23.9 Å². The molecule has 0 atom stereocenters. The number of hydrogen-bond acceptors (Lipinski definition) is 7. The van der Waals surface area contributed by atoms with Gasteiger partial charge in [-0.25, -0.2) is 15.0 Å². The number of nitrogens with one attached hydrogen (secondary N) is 1. The maximum absolute atomic E-state index is 11.6. The summed E-state index contributed by atoms with van der Waals surface area (Å²) in [5, 5.41) is 0. The molecule has 1 aliphatic carbocycles. The minimum absolute atomic E-state index is 0.0798. The van der Waals surface area contributed by atoms with Gasteiger partial charge in [-0.3, -0.25) is 9.59 Å². The average molecular weight is 364 g/mol. The molecule has 0 aliphatic heterocycles. The number of aldehydes is 1. The molecule has 2 aromatic heterocycles. The number of aromatic amines is 1. The van der Waals surface area contributed by atoms with Crippen molar-refractivity contribution in [1.29, 1.82) is 0 Å². The number of benzene rings is 1. The van der Waals surface area contributed by atoms with E-state index in [9.17, 15) is 9.59 Å². The van der Waals surface area contributed by atoms with Crippen molar-refractivity contribution in [1.82, 2.24) is 19.9 Å². The molecule has 0 amide bonds. The van der Waals surface area contributed by atoms with E-state index in [0.717, 1.165) is 19.3 Å². The molecular weight excluding hydrogens is 348 g/mol. The van der Waals surface area contributed by atoms with Crippen LogP contribution in [-0.4, -0.2) is 32.3 Å². The van der Waals surface area contributed by atoms with E-state index in [1.807, 2.05) is 6.07 Å². The molecule has 136 valence electrons. The summed E-state index contributed by atoms with van der Waals surface area (Å²) in [5.41, 5.74) is 0.413. The van der Waals surface area contributed by atoms with Crippen molar-refractivity contribution in [3.63, 3.8) is 0 Å². The Morgan fingerprint density at radius 1 is 1.04 bits per heavy atom. The standard InChI is InChI=1S/C19H16N4O4/c24-11-17-21-9-16(10-22-17)27-15-7-12(19-20-5-4-18(25)23-19)6-14(8-15)26-13-2-1-3-13/h4-11,13H,1-3H2,(H,20,23,25). The monoisotopic (exact) mass is 364 g/mol. The van der Waals surface area contributed by atoms with Crippen LogP contribution in [0.4, 0.5) is 0 Å². The van der Waals surface area contributed by atoms with Gasteiger partial charge in [-0.2, -0.15) is 0 Å². The molecular formula is C19H16N4O4. The van der Waals surface area contributed by atoms with Crippen LogP contribution in [0.25, 0.3) is 11.4 Å². The van der Waals surface area contributed by atoms with E-state index in [1.54, 1.807) is 12.1 Å². The number of ether oxygens (including phenoxy) is 2. The Labute approximate surface area is 154 Å². The minimum atomic E-state index is -0.245. The Morgan fingerprint density at radius 2 is 1.81 bits per heavy atom. The van der Waals surface area contributed by atoms with Crippen molar-refractivity contribution in [3.8, 4) is 28.6 Å². The van der Waals surface area contributed by atoms with E-state index >= 15 is 0 Å². The van der Waals surface area contributed by atoms with Crippen LogP contribution in [0.5, 0.6) is 17.2 Å². The SMILES string of the molecule is O=Cc1ncc(Oc2cc(OC3CCC3)cc(-c3nccc(=O)[nH]3)c2)cn1. The van der Waals surface area contributed by atoms with Gasteiger partial charge in [-0.05, 0) is 31.4 Å². The highest BCUT2D eigenvalue weighted by Gasteiger charge is 2.20. The van der Waals surface area contributed by atoms with Crippen molar-refractivity contribution >= 4 is 6.29 Å². The number of rotatable bonds is 6. The molecule has 3 aromatic rings. The second-order valence-electron chi connectivity index (χ2n) is 6.14. The topological polar surface area (TPSA) is 107 Å². The van der Waals surface area contributed by atoms with Crippen LogP contribution >= 0.6 is 0 Å². The molecule has 1 aromatic carbocycles. The fourth-order valence-corrected chi connectivity index (χ4v) is 2.61. The number of H-pyrrole nitrogens is 1. The number of nitrogens with zero attached hydrogens (tertiary/aromatic N) is 3. The molecule has 8 nitrogen and oxygen atoms in total. The van der Waals surface area contributed by atoms with Gasteiger partial charge in [0.2, 0.25) is 0 Å². The lowest BCUT2D eigenvalue weighted by Crippen LogP contribution is -2.24. The first-order valence-corrected chi connectivity index (χ1v) is 8.52. The fourth-order valence-electron chi connectivity index (χ4n) is 2.61. The van der Waals surface area contributed by atoms with E-state index < -0.39 is 0 Å². The molecule has 8 heteroatoms. The molecule has 1 N–H and O–H groups in total. The van der Waals surface area contributed by atoms with Gasteiger partial charge in [0.1, 0.15) is 17.3 Å². The maximum Gasteiger partial charge on any atom is 0.251 e. The zero-order valence-electron chi connectivity index (χ0n) is 14.3. The summed E-state index contributed by atoms with van der Waals surface area (Å²) in [6.45, 7) is 0. The highest BCUT2D eigenvalue weighted by Crippen LogP contribution is 2.33. The molecule has 0 bridgehead atoms. The lowest BCUT2D eigenvalue weighted by molar-refractivity contribution is 0.111. The fraction of sp³-hybridized carbons (Fsp3) is 0.211. The number of hydrogen-bond donors (Lipinski definition) is 1. The normalized spacial score (nSPS) is 13.6. The summed E-state index contributed by atoms with van der Waals surface area (Å²) in [4.78, 5) is 37.0. The zero-order valence-corrected chi connectivity index (χ0v) is 14.3. The zero-order chi connectivity index (χ0) is 18.6. The van der Waals surface area contributed by atoms with Gasteiger partial charge in [-0.1, -0.05) is 0 Å². The van der Waals surface area contributed by atoms with Gasteiger partial charge in [0.15, 0.2) is 17.9 Å². The minimum Gasteiger partial charge on any atom is -0.490 e. The van der Waals surface area contributed by atoms with Crippen LogP contribution in [0, 0.1) is 0 Å². The van der Waals surface area contributed by atoms with E-state index in [4.69, 9.17) is 9.47 Å². The largest absolute Gasteiger partial charge is 0.490 e. The van der Waals surface area contributed by atoms with Crippen LogP contribution in [-0.2, 0) is 0 Å². The van der Waals surface area contributed by atoms with E-state index in [0.29, 0.717) is 34.9 Å². The van der Waals surface area contributed by atoms with Crippen LogP contribution in [0.1, 0.15) is 29.9 Å². The lowest BCUT2D eigenvalue weighted by Gasteiger charge is -2.26. The average Bonchev–Trinajstić information content (AvgIpc) is 2.65. The van der Waals surface area contributed by atoms with Gasteiger partial charge in [-0.15, -0.1) is 0 Å². The molecule has 0 unspecified atom stereocenters. The smallest absolute Gasteiger partial charge is 0.251 e. The molecule has 4 rings (SSSR count). The molecule has 27 heavy (non-hydrogen) atoms. The number of carbonyl (C=O) groups excluding carboxylic acids is 1. The summed E-state index contributed by atoms with van der Waals surface area (Å²) in [5.74, 6) is 1.98. The highest BCUT2D eigenvalue weighted by molar-refractivity contribution is 5.68. The summed E-state index contributed by atoms with van der Waals surface area (Å²) < 4.78 is 11.8. The summed E-state index contributed by atoms with van der Waals surface area (Å²) in [6.07, 6.45) is 8.21. The third-order valence-corrected chi connectivity index (χ3v) is 4.17. The Morgan fingerprint density at radius 3 is 2.48 bits per heavy atom. The Bertz CT molecular complexity index is 1010. The Kier molecular flexibility index (Phi) is 4.61. The summed E-state index contributed by atoms with van der Waals surface area (Å²) >= 11 is 0. The third kappa shape index (κ3) is 4.00. The van der Waals surface area contributed by atoms with Crippen molar-refractivity contribution < 1.29 is 14.3 Å². The van der Waals surface area contributed by atoms with E-state index in [-0.39, 0.29) is 17.5 Å². The van der Waals surface area contributed by atoms with Gasteiger partial charge in [0.25, 0.3) is 5.56 Å². The Balaban J connectivity index is 1.67. The third-order valence-electron chi connectivity index (χ3n) is 4.17. The molecule has 1 aliphatic rings. The van der Waals surface area contributed by atoms with Crippen LogP contribution in [0.15, 0.2) is 47.7 Å². The molecule has 1 fully saturated rings. The Hall–Kier alpha value is -3.55. The molecule has 2 heterocycles. The van der Waals surface area contributed by atoms with Gasteiger partial charge in [0.05, 0.1) is 18.5 Å². The molecule has 0 saturated heterocycles. The lowest BCUT2D eigenvalue weighted by atomic mass is 9.96. The first-order valence-electron chi connectivity index (χ1n) is 8.52. The van der Waals surface area contributed by atoms with Crippen molar-refractivity contribution in [2.24, 2.45) is 0 Å². The van der Waals surface area contributed by atoms with Crippen molar-refractivity contribution in [3.05, 3.63) is 59.0 Å². The van der Waals surface area contributed by atoms with Gasteiger partial charge >= 0.3 is 0 Å². The summed E-state index contributed by atoms with van der Waals surface area (Å²) in [6, 6.07) is 6.66. The number of aromatic nitrogens is 4. The van der Waals surface area contributed by atoms with Crippen molar-refractivity contribution in [2.45, 2.75) is 25.4 Å². The van der Waals surface area contributed by atoms with Crippen LogP contribution in [0.2, 0.25) is 0 Å². The van der Waals surface area contributed by atoms with Crippen molar-refractivity contribution in [2.75, 3.05) is 0 Å². The highest BCUT2D eigenvalue weighted by atomic mass is 16.5. The first kappa shape index (κ1) is 16.9. The number of carbonyl (C=O) groups is 1. The maximum atomic E-state index is 11.6.